The normalized spacial score (nSPS) is 12.7. The van der Waals surface area contributed by atoms with Crippen molar-refractivity contribution in [1.82, 2.24) is 4.90 Å². The van der Waals surface area contributed by atoms with Gasteiger partial charge in [0.15, 0.2) is 0 Å². The minimum absolute atomic E-state index is 0.0558. The third-order valence-corrected chi connectivity index (χ3v) is 3.85. The highest BCUT2D eigenvalue weighted by molar-refractivity contribution is 6.21. The molecule has 8 heteroatoms. The summed E-state index contributed by atoms with van der Waals surface area (Å²) >= 11 is 0. The topological polar surface area (TPSA) is 116 Å². The number of fused-ring (bicyclic) bond motifs is 1. The van der Waals surface area contributed by atoms with E-state index in [1.54, 1.807) is 24.3 Å². The molecule has 0 bridgehead atoms. The summed E-state index contributed by atoms with van der Waals surface area (Å²) in [5.74, 6) is -0.773. The molecule has 124 valence electrons. The lowest BCUT2D eigenvalue weighted by Crippen LogP contribution is -2.34. The standard InChI is InChI=1S/C17H12N4O4/c18-10-11-5-6-15(21(24)25)14(9-11)19-7-8-20-16(22)12-3-1-2-4-13(12)17(20)23/h1-6,9,19H,7-8H2. The zero-order valence-corrected chi connectivity index (χ0v) is 12.9. The fourth-order valence-electron chi connectivity index (χ4n) is 2.65. The van der Waals surface area contributed by atoms with Gasteiger partial charge in [0.1, 0.15) is 5.69 Å². The van der Waals surface area contributed by atoms with Gasteiger partial charge < -0.3 is 5.32 Å². The molecule has 3 rings (SSSR count). The first-order valence-corrected chi connectivity index (χ1v) is 7.40. The van der Waals surface area contributed by atoms with E-state index in [2.05, 4.69) is 5.32 Å². The molecule has 0 fully saturated rings. The minimum atomic E-state index is -0.564. The van der Waals surface area contributed by atoms with Crippen molar-refractivity contribution in [2.24, 2.45) is 0 Å². The quantitative estimate of drug-likeness (QED) is 0.508. The Morgan fingerprint density at radius 1 is 1.12 bits per heavy atom. The van der Waals surface area contributed by atoms with Gasteiger partial charge in [-0.15, -0.1) is 0 Å². The van der Waals surface area contributed by atoms with Crippen LogP contribution in [0.25, 0.3) is 0 Å². The largest absolute Gasteiger partial charge is 0.378 e. The second-order valence-electron chi connectivity index (χ2n) is 5.34. The number of rotatable bonds is 5. The molecule has 0 saturated heterocycles. The molecule has 0 atom stereocenters. The predicted molar refractivity (Wildman–Crippen MR) is 88.1 cm³/mol. The van der Waals surface area contributed by atoms with Gasteiger partial charge in [0.2, 0.25) is 0 Å². The van der Waals surface area contributed by atoms with Gasteiger partial charge in [0.05, 0.1) is 27.7 Å². The van der Waals surface area contributed by atoms with Crippen molar-refractivity contribution in [3.05, 3.63) is 69.3 Å². The van der Waals surface area contributed by atoms with Crippen LogP contribution in [0.5, 0.6) is 0 Å². The summed E-state index contributed by atoms with van der Waals surface area (Å²) in [5.41, 5.74) is 0.964. The molecule has 0 saturated carbocycles. The van der Waals surface area contributed by atoms with Gasteiger partial charge >= 0.3 is 0 Å². The second kappa shape index (κ2) is 6.41. The number of nitrogens with one attached hydrogen (secondary N) is 1. The van der Waals surface area contributed by atoms with E-state index < -0.39 is 4.92 Å². The van der Waals surface area contributed by atoms with Crippen LogP contribution in [0.4, 0.5) is 11.4 Å². The zero-order chi connectivity index (χ0) is 18.0. The number of anilines is 1. The fraction of sp³-hybridized carbons (Fsp3) is 0.118. The molecule has 0 aromatic heterocycles. The maximum Gasteiger partial charge on any atom is 0.292 e. The van der Waals surface area contributed by atoms with Gasteiger partial charge in [-0.25, -0.2) is 0 Å². The van der Waals surface area contributed by atoms with Crippen molar-refractivity contribution in [3.8, 4) is 6.07 Å². The van der Waals surface area contributed by atoms with Crippen LogP contribution in [0.2, 0.25) is 0 Å². The van der Waals surface area contributed by atoms with Crippen LogP contribution in [0.15, 0.2) is 42.5 Å². The Balaban J connectivity index is 1.72. The highest BCUT2D eigenvalue weighted by Crippen LogP contribution is 2.26. The lowest BCUT2D eigenvalue weighted by Gasteiger charge is -2.15. The molecule has 8 nitrogen and oxygen atoms in total. The van der Waals surface area contributed by atoms with Gasteiger partial charge in [-0.2, -0.15) is 5.26 Å². The molecule has 1 aliphatic heterocycles. The van der Waals surface area contributed by atoms with Crippen LogP contribution >= 0.6 is 0 Å². The summed E-state index contributed by atoms with van der Waals surface area (Å²) in [6.07, 6.45) is 0. The van der Waals surface area contributed by atoms with E-state index in [0.717, 1.165) is 4.90 Å². The first-order chi connectivity index (χ1) is 12.0. The Labute approximate surface area is 142 Å². The maximum atomic E-state index is 12.3. The van der Waals surface area contributed by atoms with Crippen molar-refractivity contribution in [2.45, 2.75) is 0 Å². The molecule has 2 aromatic rings. The van der Waals surface area contributed by atoms with Crippen LogP contribution in [-0.4, -0.2) is 34.7 Å². The Bertz CT molecular complexity index is 897. The molecule has 25 heavy (non-hydrogen) atoms. The average molecular weight is 336 g/mol. The molecular weight excluding hydrogens is 324 g/mol. The Hall–Kier alpha value is -3.73. The minimum Gasteiger partial charge on any atom is -0.378 e. The number of imide groups is 1. The van der Waals surface area contributed by atoms with E-state index >= 15 is 0 Å². The lowest BCUT2D eigenvalue weighted by atomic mass is 10.1. The smallest absolute Gasteiger partial charge is 0.292 e. The summed E-state index contributed by atoms with van der Waals surface area (Å²) in [5, 5.41) is 22.8. The summed E-state index contributed by atoms with van der Waals surface area (Å²) in [6, 6.07) is 12.4. The second-order valence-corrected chi connectivity index (χ2v) is 5.34. The number of nitriles is 1. The van der Waals surface area contributed by atoms with Gasteiger partial charge in [-0.1, -0.05) is 12.1 Å². The molecule has 2 amide bonds. The molecule has 0 aliphatic carbocycles. The van der Waals surface area contributed by atoms with Crippen molar-refractivity contribution < 1.29 is 14.5 Å². The zero-order valence-electron chi connectivity index (χ0n) is 12.9. The van der Waals surface area contributed by atoms with Gasteiger partial charge in [0, 0.05) is 19.2 Å². The SMILES string of the molecule is N#Cc1ccc([N+](=O)[O-])c(NCCN2C(=O)c3ccccc3C2=O)c1. The Morgan fingerprint density at radius 2 is 1.76 bits per heavy atom. The van der Waals surface area contributed by atoms with Crippen LogP contribution in [0.1, 0.15) is 26.3 Å². The molecule has 2 aromatic carbocycles. The molecule has 0 spiro atoms. The number of carbonyl (C=O) groups excluding carboxylic acids is 2. The van der Waals surface area contributed by atoms with E-state index in [0.29, 0.717) is 11.1 Å². The van der Waals surface area contributed by atoms with Crippen LogP contribution in [0.3, 0.4) is 0 Å². The molecular formula is C17H12N4O4. The number of amides is 2. The van der Waals surface area contributed by atoms with E-state index in [-0.39, 0.29) is 41.8 Å². The van der Waals surface area contributed by atoms with Crippen molar-refractivity contribution in [3.63, 3.8) is 0 Å². The van der Waals surface area contributed by atoms with Crippen LogP contribution < -0.4 is 5.32 Å². The van der Waals surface area contributed by atoms with E-state index in [1.807, 2.05) is 6.07 Å². The Morgan fingerprint density at radius 3 is 2.32 bits per heavy atom. The summed E-state index contributed by atoms with van der Waals surface area (Å²) < 4.78 is 0. The lowest BCUT2D eigenvalue weighted by molar-refractivity contribution is -0.384. The van der Waals surface area contributed by atoms with Crippen molar-refractivity contribution in [1.29, 1.82) is 5.26 Å². The van der Waals surface area contributed by atoms with Crippen LogP contribution in [-0.2, 0) is 0 Å². The van der Waals surface area contributed by atoms with E-state index in [9.17, 15) is 19.7 Å². The van der Waals surface area contributed by atoms with Crippen molar-refractivity contribution in [2.75, 3.05) is 18.4 Å². The Kier molecular flexibility index (Phi) is 4.14. The number of nitrogens with zero attached hydrogens (tertiary/aromatic N) is 3. The number of benzene rings is 2. The monoisotopic (exact) mass is 336 g/mol. The van der Waals surface area contributed by atoms with Gasteiger partial charge in [0.25, 0.3) is 17.5 Å². The molecule has 0 radical (unpaired) electrons. The summed E-state index contributed by atoms with van der Waals surface area (Å²) in [6.45, 7) is 0.182. The third-order valence-electron chi connectivity index (χ3n) is 3.85. The first kappa shape index (κ1) is 16.1. The fourth-order valence-corrected chi connectivity index (χ4v) is 2.65. The first-order valence-electron chi connectivity index (χ1n) is 7.40. The highest BCUT2D eigenvalue weighted by Gasteiger charge is 2.34. The summed E-state index contributed by atoms with van der Waals surface area (Å²) in [7, 11) is 0. The molecule has 0 unspecified atom stereocenters. The predicted octanol–water partition coefficient (Wildman–Crippen LogP) is 2.17. The molecule has 1 heterocycles. The maximum absolute atomic E-state index is 12.3. The van der Waals surface area contributed by atoms with Gasteiger partial charge in [-0.05, 0) is 24.3 Å². The number of nitro benzene ring substituents is 1. The van der Waals surface area contributed by atoms with E-state index in [1.165, 1.54) is 18.2 Å². The highest BCUT2D eigenvalue weighted by atomic mass is 16.6. The molecule has 1 aliphatic rings. The van der Waals surface area contributed by atoms with Gasteiger partial charge in [-0.3, -0.25) is 24.6 Å². The van der Waals surface area contributed by atoms with E-state index in [4.69, 9.17) is 5.26 Å². The van der Waals surface area contributed by atoms with Crippen molar-refractivity contribution >= 4 is 23.2 Å². The number of hydrogen-bond acceptors (Lipinski definition) is 6. The third kappa shape index (κ3) is 2.90. The average Bonchev–Trinajstić information content (AvgIpc) is 2.86. The number of carbonyl (C=O) groups is 2. The number of hydrogen-bond donors (Lipinski definition) is 1. The number of nitro groups is 1. The summed E-state index contributed by atoms with van der Waals surface area (Å²) in [4.78, 5) is 36.1. The van der Waals surface area contributed by atoms with Crippen LogP contribution in [0, 0.1) is 21.4 Å². The molecule has 1 N–H and O–H groups in total.